The molecule has 0 spiro atoms. The summed E-state index contributed by atoms with van der Waals surface area (Å²) in [5.74, 6) is 0.345. The third-order valence-electron chi connectivity index (χ3n) is 3.24. The minimum atomic E-state index is -0.479. The highest BCUT2D eigenvalue weighted by Gasteiger charge is 2.20. The van der Waals surface area contributed by atoms with E-state index >= 15 is 0 Å². The lowest BCUT2D eigenvalue weighted by molar-refractivity contribution is 0.0502. The summed E-state index contributed by atoms with van der Waals surface area (Å²) in [5.41, 5.74) is 0.643. The zero-order valence-corrected chi connectivity index (χ0v) is 13.7. The Morgan fingerprint density at radius 1 is 1.29 bits per heavy atom. The summed E-state index contributed by atoms with van der Waals surface area (Å²) >= 11 is 0. The van der Waals surface area contributed by atoms with Crippen LogP contribution in [-0.4, -0.2) is 17.7 Å². The van der Waals surface area contributed by atoms with Crippen molar-refractivity contribution in [3.05, 3.63) is 42.0 Å². The smallest absolute Gasteiger partial charge is 0.408 e. The molecule has 1 N–H and O–H groups in total. The highest BCUT2D eigenvalue weighted by atomic mass is 16.6. The lowest BCUT2D eigenvalue weighted by atomic mass is 9.98. The normalized spacial score (nSPS) is 14.7. The molecular weight excluding hydrogens is 262 g/mol. The molecule has 0 heterocycles. The maximum atomic E-state index is 11.9. The molecule has 2 unspecified atom stereocenters. The Balaban J connectivity index is 2.73. The van der Waals surface area contributed by atoms with Crippen molar-refractivity contribution in [1.82, 2.24) is 5.32 Å². The van der Waals surface area contributed by atoms with Gasteiger partial charge in [-0.25, -0.2) is 4.79 Å². The van der Waals surface area contributed by atoms with E-state index in [1.807, 2.05) is 63.3 Å². The van der Waals surface area contributed by atoms with Gasteiger partial charge in [0.2, 0.25) is 0 Å². The van der Waals surface area contributed by atoms with Crippen LogP contribution in [0.4, 0.5) is 4.79 Å². The number of rotatable bonds is 5. The van der Waals surface area contributed by atoms with Crippen molar-refractivity contribution in [2.24, 2.45) is 5.92 Å². The van der Waals surface area contributed by atoms with E-state index < -0.39 is 5.60 Å². The molecule has 21 heavy (non-hydrogen) atoms. The molecule has 1 aromatic carbocycles. The van der Waals surface area contributed by atoms with Crippen LogP contribution >= 0.6 is 0 Å². The Hall–Kier alpha value is -1.77. The van der Waals surface area contributed by atoms with Gasteiger partial charge in [-0.05, 0) is 32.3 Å². The first-order valence-electron chi connectivity index (χ1n) is 7.54. The predicted molar refractivity (Wildman–Crippen MR) is 88.1 cm³/mol. The Morgan fingerprint density at radius 2 is 1.90 bits per heavy atom. The van der Waals surface area contributed by atoms with Gasteiger partial charge >= 0.3 is 6.09 Å². The molecular formula is C18H27NO2. The van der Waals surface area contributed by atoms with Gasteiger partial charge in [0.15, 0.2) is 0 Å². The van der Waals surface area contributed by atoms with Gasteiger partial charge in [0.05, 0.1) is 6.04 Å². The minimum Gasteiger partial charge on any atom is -0.444 e. The summed E-state index contributed by atoms with van der Waals surface area (Å²) in [6, 6.07) is 10.0. The summed E-state index contributed by atoms with van der Waals surface area (Å²) in [6.45, 7) is 9.84. The van der Waals surface area contributed by atoms with Gasteiger partial charge in [-0.2, -0.15) is 0 Å². The molecule has 1 rings (SSSR count). The second kappa shape index (κ2) is 7.87. The summed E-state index contributed by atoms with van der Waals surface area (Å²) in [7, 11) is 0. The standard InChI is InChI=1S/C18H27NO2/c1-6-14(2)16(19-17(20)21-18(3,4)5)13-12-15-10-8-7-9-11-15/h7-14,16H,6H2,1-5H3,(H,19,20). The molecule has 0 saturated carbocycles. The average Bonchev–Trinajstić information content (AvgIpc) is 2.41. The van der Waals surface area contributed by atoms with Crippen LogP contribution in [0.15, 0.2) is 36.4 Å². The third-order valence-corrected chi connectivity index (χ3v) is 3.24. The lowest BCUT2D eigenvalue weighted by Crippen LogP contribution is -2.41. The van der Waals surface area contributed by atoms with E-state index in [1.165, 1.54) is 0 Å². The minimum absolute atomic E-state index is 0.0370. The van der Waals surface area contributed by atoms with Gasteiger partial charge in [-0.15, -0.1) is 0 Å². The van der Waals surface area contributed by atoms with Crippen molar-refractivity contribution in [3.8, 4) is 0 Å². The van der Waals surface area contributed by atoms with Crippen molar-refractivity contribution in [2.75, 3.05) is 0 Å². The second-order valence-electron chi connectivity index (χ2n) is 6.33. The molecule has 1 aromatic rings. The monoisotopic (exact) mass is 289 g/mol. The topological polar surface area (TPSA) is 38.3 Å². The Morgan fingerprint density at radius 3 is 2.43 bits per heavy atom. The van der Waals surface area contributed by atoms with Crippen LogP contribution in [0.25, 0.3) is 6.08 Å². The van der Waals surface area contributed by atoms with Crippen LogP contribution in [0.2, 0.25) is 0 Å². The molecule has 0 aliphatic heterocycles. The molecule has 3 heteroatoms. The van der Waals surface area contributed by atoms with E-state index in [1.54, 1.807) is 0 Å². The van der Waals surface area contributed by atoms with E-state index in [2.05, 4.69) is 19.2 Å². The Kier molecular flexibility index (Phi) is 6.47. The van der Waals surface area contributed by atoms with Crippen LogP contribution in [0.3, 0.4) is 0 Å². The summed E-state index contributed by atoms with van der Waals surface area (Å²) in [6.07, 6.45) is 4.69. The fraction of sp³-hybridized carbons (Fsp3) is 0.500. The number of alkyl carbamates (subject to hydrolysis) is 1. The quantitative estimate of drug-likeness (QED) is 0.857. The van der Waals surface area contributed by atoms with Gasteiger partial charge in [0, 0.05) is 0 Å². The van der Waals surface area contributed by atoms with Gasteiger partial charge in [0.1, 0.15) is 5.60 Å². The Labute approximate surface area is 128 Å². The fourth-order valence-corrected chi connectivity index (χ4v) is 1.86. The van der Waals surface area contributed by atoms with Gasteiger partial charge < -0.3 is 10.1 Å². The molecule has 0 bridgehead atoms. The van der Waals surface area contributed by atoms with E-state index in [0.29, 0.717) is 5.92 Å². The van der Waals surface area contributed by atoms with Crippen molar-refractivity contribution in [2.45, 2.75) is 52.7 Å². The fourth-order valence-electron chi connectivity index (χ4n) is 1.86. The molecule has 116 valence electrons. The van der Waals surface area contributed by atoms with Crippen molar-refractivity contribution in [3.63, 3.8) is 0 Å². The van der Waals surface area contributed by atoms with Crippen molar-refractivity contribution < 1.29 is 9.53 Å². The second-order valence-corrected chi connectivity index (χ2v) is 6.33. The molecule has 0 aliphatic rings. The number of hydrogen-bond acceptors (Lipinski definition) is 2. The molecule has 3 nitrogen and oxygen atoms in total. The Bertz CT molecular complexity index is 460. The predicted octanol–water partition coefficient (Wildman–Crippen LogP) is 4.64. The number of amides is 1. The molecule has 0 fully saturated rings. The molecule has 0 aliphatic carbocycles. The van der Waals surface area contributed by atoms with Crippen LogP contribution in [0.1, 0.15) is 46.6 Å². The van der Waals surface area contributed by atoms with Crippen LogP contribution < -0.4 is 5.32 Å². The average molecular weight is 289 g/mol. The molecule has 2 atom stereocenters. The summed E-state index contributed by atoms with van der Waals surface area (Å²) in [4.78, 5) is 11.9. The first-order valence-corrected chi connectivity index (χ1v) is 7.54. The van der Waals surface area contributed by atoms with E-state index in [0.717, 1.165) is 12.0 Å². The van der Waals surface area contributed by atoms with Crippen molar-refractivity contribution in [1.29, 1.82) is 0 Å². The zero-order valence-electron chi connectivity index (χ0n) is 13.7. The third kappa shape index (κ3) is 6.98. The highest BCUT2D eigenvalue weighted by molar-refractivity contribution is 5.68. The molecule has 0 aromatic heterocycles. The maximum absolute atomic E-state index is 11.9. The number of carbonyl (C=O) groups is 1. The maximum Gasteiger partial charge on any atom is 0.408 e. The number of benzene rings is 1. The SMILES string of the molecule is CCC(C)C(C=Cc1ccccc1)NC(=O)OC(C)(C)C. The molecule has 0 radical (unpaired) electrons. The summed E-state index contributed by atoms with van der Waals surface area (Å²) < 4.78 is 5.33. The molecule has 1 amide bonds. The van der Waals surface area contributed by atoms with Gasteiger partial charge in [-0.1, -0.05) is 62.8 Å². The van der Waals surface area contributed by atoms with Crippen LogP contribution in [0, 0.1) is 5.92 Å². The number of hydrogen-bond donors (Lipinski definition) is 1. The number of ether oxygens (including phenoxy) is 1. The summed E-state index contributed by atoms with van der Waals surface area (Å²) in [5, 5.41) is 2.95. The number of nitrogens with one attached hydrogen (secondary N) is 1. The first-order chi connectivity index (χ1) is 9.81. The van der Waals surface area contributed by atoms with E-state index in [9.17, 15) is 4.79 Å². The zero-order chi connectivity index (χ0) is 15.9. The van der Waals surface area contributed by atoms with Crippen molar-refractivity contribution >= 4 is 12.2 Å². The van der Waals surface area contributed by atoms with Crippen LogP contribution in [0.5, 0.6) is 0 Å². The lowest BCUT2D eigenvalue weighted by Gasteiger charge is -2.25. The number of carbonyl (C=O) groups excluding carboxylic acids is 1. The highest BCUT2D eigenvalue weighted by Crippen LogP contribution is 2.13. The van der Waals surface area contributed by atoms with Gasteiger partial charge in [0.25, 0.3) is 0 Å². The van der Waals surface area contributed by atoms with E-state index in [4.69, 9.17) is 4.74 Å². The van der Waals surface area contributed by atoms with Crippen LogP contribution in [-0.2, 0) is 4.74 Å². The van der Waals surface area contributed by atoms with Gasteiger partial charge in [-0.3, -0.25) is 0 Å². The first kappa shape index (κ1) is 17.3. The largest absolute Gasteiger partial charge is 0.444 e. The molecule has 0 saturated heterocycles. The van der Waals surface area contributed by atoms with E-state index in [-0.39, 0.29) is 12.1 Å².